The highest BCUT2D eigenvalue weighted by Gasteiger charge is 2.30. The summed E-state index contributed by atoms with van der Waals surface area (Å²) in [6.07, 6.45) is 6.20. The second kappa shape index (κ2) is 5.61. The Balaban J connectivity index is 2.02. The Kier molecular flexibility index (Phi) is 4.29. The van der Waals surface area contributed by atoms with Gasteiger partial charge in [0.25, 0.3) is 5.91 Å². The molecule has 3 nitrogen and oxygen atoms in total. The number of amides is 1. The minimum absolute atomic E-state index is 0.0738. The lowest BCUT2D eigenvalue weighted by atomic mass is 9.75. The Bertz CT molecular complexity index is 446. The number of hydrogen-bond acceptors (Lipinski definition) is 2. The summed E-state index contributed by atoms with van der Waals surface area (Å²) >= 11 is 3.28. The molecule has 1 aliphatic rings. The summed E-state index contributed by atoms with van der Waals surface area (Å²) in [7, 11) is 1.91. The molecule has 1 heterocycles. The highest BCUT2D eigenvalue weighted by molar-refractivity contribution is 9.10. The molecule has 0 spiro atoms. The Morgan fingerprint density at radius 2 is 2.00 bits per heavy atom. The van der Waals surface area contributed by atoms with Crippen LogP contribution in [0.5, 0.6) is 0 Å². The second-order valence-corrected chi connectivity index (χ2v) is 6.99. The number of hydrogen-bond donors (Lipinski definition) is 0. The minimum Gasteiger partial charge on any atom is -0.339 e. The number of carbonyl (C=O) groups is 1. The fourth-order valence-electron chi connectivity index (χ4n) is 2.64. The van der Waals surface area contributed by atoms with E-state index in [4.69, 9.17) is 0 Å². The maximum absolute atomic E-state index is 12.4. The fraction of sp³-hybridized carbons (Fsp3) is 0.600. The first kappa shape index (κ1) is 14.5. The fourth-order valence-corrected chi connectivity index (χ4v) is 2.88. The lowest BCUT2D eigenvalue weighted by Gasteiger charge is -2.38. The number of aromatic nitrogens is 1. The quantitative estimate of drug-likeness (QED) is 0.773. The topological polar surface area (TPSA) is 33.2 Å². The first-order chi connectivity index (χ1) is 8.89. The van der Waals surface area contributed by atoms with Gasteiger partial charge in [-0.3, -0.25) is 4.79 Å². The maximum atomic E-state index is 12.4. The second-order valence-electron chi connectivity index (χ2n) is 6.18. The zero-order valence-corrected chi connectivity index (χ0v) is 13.4. The van der Waals surface area contributed by atoms with Gasteiger partial charge < -0.3 is 4.90 Å². The molecule has 4 heteroatoms. The smallest absolute Gasteiger partial charge is 0.255 e. The number of halogens is 1. The van der Waals surface area contributed by atoms with E-state index in [1.54, 1.807) is 6.20 Å². The van der Waals surface area contributed by atoms with Crippen molar-refractivity contribution >= 4 is 21.8 Å². The number of carbonyl (C=O) groups excluding carboxylic acids is 1. The number of pyridine rings is 1. The highest BCUT2D eigenvalue weighted by Crippen LogP contribution is 2.36. The van der Waals surface area contributed by atoms with Crippen LogP contribution in [-0.4, -0.2) is 28.9 Å². The summed E-state index contributed by atoms with van der Waals surface area (Å²) in [5.74, 6) is 0.0738. The van der Waals surface area contributed by atoms with Crippen molar-refractivity contribution in [1.29, 1.82) is 0 Å². The monoisotopic (exact) mass is 324 g/mol. The average Bonchev–Trinajstić information content (AvgIpc) is 2.38. The third-order valence-corrected chi connectivity index (χ3v) is 4.62. The molecule has 1 amide bonds. The number of nitrogens with zero attached hydrogens (tertiary/aromatic N) is 2. The van der Waals surface area contributed by atoms with Crippen molar-refractivity contribution in [3.8, 4) is 0 Å². The molecule has 1 fully saturated rings. The zero-order valence-electron chi connectivity index (χ0n) is 11.8. The molecule has 0 saturated heterocycles. The lowest BCUT2D eigenvalue weighted by Crippen LogP contribution is -2.40. The summed E-state index contributed by atoms with van der Waals surface area (Å²) in [5.41, 5.74) is 1.09. The van der Waals surface area contributed by atoms with E-state index in [9.17, 15) is 4.79 Å². The molecule has 2 rings (SSSR count). The molecule has 0 atom stereocenters. The largest absolute Gasteiger partial charge is 0.339 e. The first-order valence-corrected chi connectivity index (χ1v) is 7.57. The van der Waals surface area contributed by atoms with Crippen molar-refractivity contribution < 1.29 is 4.79 Å². The van der Waals surface area contributed by atoms with Crippen molar-refractivity contribution in [2.24, 2.45) is 5.41 Å². The Labute approximate surface area is 123 Å². The van der Waals surface area contributed by atoms with Crippen LogP contribution in [-0.2, 0) is 0 Å². The molecule has 1 aromatic heterocycles. The third-order valence-electron chi connectivity index (χ3n) is 4.15. The summed E-state index contributed by atoms with van der Waals surface area (Å²) in [5, 5.41) is 0. The molecule has 19 heavy (non-hydrogen) atoms. The molecule has 0 aromatic carbocycles. The molecule has 1 aliphatic carbocycles. The van der Waals surface area contributed by atoms with Gasteiger partial charge in [-0.1, -0.05) is 13.8 Å². The van der Waals surface area contributed by atoms with Gasteiger partial charge in [-0.05, 0) is 59.2 Å². The van der Waals surface area contributed by atoms with E-state index in [1.807, 2.05) is 24.1 Å². The van der Waals surface area contributed by atoms with Gasteiger partial charge in [0.15, 0.2) is 0 Å². The average molecular weight is 325 g/mol. The van der Waals surface area contributed by atoms with Crippen LogP contribution in [0.3, 0.4) is 0 Å². The minimum atomic E-state index is 0.0738. The van der Waals surface area contributed by atoms with E-state index < -0.39 is 0 Å². The molecular weight excluding hydrogens is 304 g/mol. The lowest BCUT2D eigenvalue weighted by molar-refractivity contribution is 0.0635. The molecule has 0 N–H and O–H groups in total. The molecule has 0 unspecified atom stereocenters. The summed E-state index contributed by atoms with van der Waals surface area (Å²) in [6, 6.07) is 4.00. The van der Waals surface area contributed by atoms with E-state index in [-0.39, 0.29) is 5.91 Å². The Hall–Kier alpha value is -0.900. The van der Waals surface area contributed by atoms with Crippen molar-refractivity contribution in [1.82, 2.24) is 9.88 Å². The van der Waals surface area contributed by atoms with Crippen LogP contribution in [0, 0.1) is 5.41 Å². The van der Waals surface area contributed by atoms with Gasteiger partial charge in [-0.2, -0.15) is 0 Å². The zero-order chi connectivity index (χ0) is 14.0. The van der Waals surface area contributed by atoms with E-state index in [1.165, 1.54) is 12.8 Å². The van der Waals surface area contributed by atoms with Crippen molar-refractivity contribution in [2.45, 2.75) is 45.6 Å². The van der Waals surface area contributed by atoms with Crippen LogP contribution >= 0.6 is 15.9 Å². The van der Waals surface area contributed by atoms with E-state index >= 15 is 0 Å². The normalized spacial score (nSPS) is 19.2. The van der Waals surface area contributed by atoms with Crippen molar-refractivity contribution in [3.05, 3.63) is 28.5 Å². The SMILES string of the molecule is CN(C(=O)c1ccc(Br)nc1)C1CCC(C)(C)CC1. The molecular formula is C15H21BrN2O. The first-order valence-electron chi connectivity index (χ1n) is 6.78. The molecule has 0 aliphatic heterocycles. The van der Waals surface area contributed by atoms with E-state index in [0.717, 1.165) is 17.4 Å². The third kappa shape index (κ3) is 3.56. The van der Waals surface area contributed by atoms with Crippen molar-refractivity contribution in [3.63, 3.8) is 0 Å². The van der Waals surface area contributed by atoms with Crippen molar-refractivity contribution in [2.75, 3.05) is 7.05 Å². The molecule has 0 radical (unpaired) electrons. The van der Waals surface area contributed by atoms with Gasteiger partial charge in [0.2, 0.25) is 0 Å². The Morgan fingerprint density at radius 1 is 1.37 bits per heavy atom. The standard InChI is InChI=1S/C15H21BrN2O/c1-15(2)8-6-12(7-9-15)18(3)14(19)11-4-5-13(16)17-10-11/h4-5,10,12H,6-9H2,1-3H3. The van der Waals surface area contributed by atoms with Crippen LogP contribution in [0.1, 0.15) is 49.9 Å². The number of rotatable bonds is 2. The van der Waals surface area contributed by atoms with Gasteiger partial charge in [-0.15, -0.1) is 0 Å². The highest BCUT2D eigenvalue weighted by atomic mass is 79.9. The van der Waals surface area contributed by atoms with Gasteiger partial charge in [0.05, 0.1) is 5.56 Å². The molecule has 1 saturated carbocycles. The summed E-state index contributed by atoms with van der Waals surface area (Å²) < 4.78 is 0.756. The maximum Gasteiger partial charge on any atom is 0.255 e. The predicted octanol–water partition coefficient (Wildman–Crippen LogP) is 3.88. The molecule has 1 aromatic rings. The van der Waals surface area contributed by atoms with Crippen LogP contribution in [0.15, 0.2) is 22.9 Å². The van der Waals surface area contributed by atoms with E-state index in [2.05, 4.69) is 34.8 Å². The van der Waals surface area contributed by atoms with Crippen LogP contribution < -0.4 is 0 Å². The van der Waals surface area contributed by atoms with Gasteiger partial charge in [0.1, 0.15) is 4.60 Å². The van der Waals surface area contributed by atoms with Crippen LogP contribution in [0.4, 0.5) is 0 Å². The van der Waals surface area contributed by atoms with Gasteiger partial charge >= 0.3 is 0 Å². The summed E-state index contributed by atoms with van der Waals surface area (Å²) in [6.45, 7) is 4.62. The predicted molar refractivity (Wildman–Crippen MR) is 80.1 cm³/mol. The summed E-state index contributed by atoms with van der Waals surface area (Å²) in [4.78, 5) is 18.4. The Morgan fingerprint density at radius 3 is 2.53 bits per heavy atom. The van der Waals surface area contributed by atoms with Crippen LogP contribution in [0.2, 0.25) is 0 Å². The molecule has 104 valence electrons. The van der Waals surface area contributed by atoms with Gasteiger partial charge in [-0.25, -0.2) is 4.98 Å². The molecule has 0 bridgehead atoms. The van der Waals surface area contributed by atoms with Gasteiger partial charge in [0, 0.05) is 19.3 Å². The van der Waals surface area contributed by atoms with E-state index in [0.29, 0.717) is 17.0 Å². The van der Waals surface area contributed by atoms with Crippen LogP contribution in [0.25, 0.3) is 0 Å².